The summed E-state index contributed by atoms with van der Waals surface area (Å²) in [7, 11) is 0. The molecule has 0 saturated heterocycles. The van der Waals surface area contributed by atoms with Crippen LogP contribution in [0.25, 0.3) is 34.1 Å². The molecule has 0 bridgehead atoms. The number of carbonyl (C=O) groups excluding carboxylic acids is 1. The number of carbonyl (C=O) groups is 1. The summed E-state index contributed by atoms with van der Waals surface area (Å²) in [5, 5.41) is 9.54. The van der Waals surface area contributed by atoms with Gasteiger partial charge in [-0.1, -0.05) is 29.8 Å². The summed E-state index contributed by atoms with van der Waals surface area (Å²) in [6.45, 7) is 5.50. The molecule has 0 saturated carbocycles. The van der Waals surface area contributed by atoms with Crippen LogP contribution in [-0.4, -0.2) is 16.0 Å². The lowest BCUT2D eigenvalue weighted by Gasteiger charge is -2.01. The van der Waals surface area contributed by atoms with Crippen LogP contribution >= 0.6 is 11.6 Å². The van der Waals surface area contributed by atoms with E-state index in [1.54, 1.807) is 18.2 Å². The van der Waals surface area contributed by atoms with E-state index in [0.717, 1.165) is 22.1 Å². The van der Waals surface area contributed by atoms with Crippen LogP contribution in [0.15, 0.2) is 45.2 Å². The SMILES string of the molecule is CC(=O)c1ccc(-c2nnc(-c3cc4c(C)ccc(C)c4o3)o2)c(Cl)c1. The Morgan fingerprint density at radius 3 is 2.38 bits per heavy atom. The minimum Gasteiger partial charge on any atom is -0.451 e. The predicted octanol–water partition coefficient (Wildman–Crippen LogP) is 5.62. The monoisotopic (exact) mass is 366 g/mol. The Morgan fingerprint density at radius 2 is 1.69 bits per heavy atom. The molecule has 0 unspecified atom stereocenters. The zero-order valence-electron chi connectivity index (χ0n) is 14.5. The number of furan rings is 1. The molecule has 0 fully saturated rings. The van der Waals surface area contributed by atoms with Crippen molar-refractivity contribution in [2.75, 3.05) is 0 Å². The number of halogens is 1. The Hall–Kier alpha value is -2.92. The van der Waals surface area contributed by atoms with E-state index >= 15 is 0 Å². The predicted molar refractivity (Wildman–Crippen MR) is 99.4 cm³/mol. The van der Waals surface area contributed by atoms with Gasteiger partial charge in [-0.3, -0.25) is 4.79 Å². The number of aromatic nitrogens is 2. The van der Waals surface area contributed by atoms with E-state index < -0.39 is 0 Å². The number of hydrogen-bond donors (Lipinski definition) is 0. The largest absolute Gasteiger partial charge is 0.451 e. The van der Waals surface area contributed by atoms with Crippen LogP contribution in [0.3, 0.4) is 0 Å². The normalized spacial score (nSPS) is 11.2. The van der Waals surface area contributed by atoms with Gasteiger partial charge < -0.3 is 8.83 Å². The summed E-state index contributed by atoms with van der Waals surface area (Å²) in [4.78, 5) is 11.5. The number of Topliss-reactive ketones (excluding diaryl/α,β-unsaturated/α-hetero) is 1. The van der Waals surface area contributed by atoms with Crippen LogP contribution in [0, 0.1) is 13.8 Å². The van der Waals surface area contributed by atoms with Crippen molar-refractivity contribution >= 4 is 28.4 Å². The van der Waals surface area contributed by atoms with E-state index in [1.807, 2.05) is 32.0 Å². The van der Waals surface area contributed by atoms with Gasteiger partial charge in [-0.25, -0.2) is 0 Å². The van der Waals surface area contributed by atoms with Gasteiger partial charge in [-0.2, -0.15) is 0 Å². The van der Waals surface area contributed by atoms with Crippen molar-refractivity contribution in [3.63, 3.8) is 0 Å². The van der Waals surface area contributed by atoms with E-state index in [4.69, 9.17) is 20.4 Å². The summed E-state index contributed by atoms with van der Waals surface area (Å²) in [6.07, 6.45) is 0. The summed E-state index contributed by atoms with van der Waals surface area (Å²) < 4.78 is 11.7. The zero-order chi connectivity index (χ0) is 18.4. The van der Waals surface area contributed by atoms with Crippen molar-refractivity contribution < 1.29 is 13.6 Å². The van der Waals surface area contributed by atoms with Gasteiger partial charge in [0.2, 0.25) is 5.89 Å². The second kappa shape index (κ2) is 6.11. The quantitative estimate of drug-likeness (QED) is 0.440. The number of aryl methyl sites for hydroxylation is 2. The molecule has 0 aliphatic heterocycles. The van der Waals surface area contributed by atoms with Crippen molar-refractivity contribution in [1.29, 1.82) is 0 Å². The Balaban J connectivity index is 1.76. The molecule has 2 aromatic heterocycles. The number of fused-ring (bicyclic) bond motifs is 1. The Labute approximate surface area is 154 Å². The molecule has 0 radical (unpaired) electrons. The summed E-state index contributed by atoms with van der Waals surface area (Å²) in [5.74, 6) is 1.00. The molecular formula is C20H15ClN2O3. The lowest BCUT2D eigenvalue weighted by Crippen LogP contribution is -1.92. The molecular weight excluding hydrogens is 352 g/mol. The third-order valence-electron chi connectivity index (χ3n) is 4.34. The fraction of sp³-hybridized carbons (Fsp3) is 0.150. The van der Waals surface area contributed by atoms with E-state index in [2.05, 4.69) is 10.2 Å². The van der Waals surface area contributed by atoms with Crippen LogP contribution in [-0.2, 0) is 0 Å². The maximum atomic E-state index is 11.5. The van der Waals surface area contributed by atoms with Crippen LogP contribution in [0.1, 0.15) is 28.4 Å². The second-order valence-corrected chi connectivity index (χ2v) is 6.62. The van der Waals surface area contributed by atoms with Crippen LogP contribution < -0.4 is 0 Å². The van der Waals surface area contributed by atoms with Crippen molar-refractivity contribution in [2.24, 2.45) is 0 Å². The third kappa shape index (κ3) is 2.70. The molecule has 0 aliphatic rings. The van der Waals surface area contributed by atoms with Gasteiger partial charge in [0.15, 0.2) is 11.5 Å². The average Bonchev–Trinajstić information content (AvgIpc) is 3.25. The molecule has 0 N–H and O–H groups in total. The van der Waals surface area contributed by atoms with Gasteiger partial charge in [0.1, 0.15) is 5.58 Å². The molecule has 4 aromatic rings. The van der Waals surface area contributed by atoms with Gasteiger partial charge in [-0.05, 0) is 50.1 Å². The second-order valence-electron chi connectivity index (χ2n) is 6.22. The van der Waals surface area contributed by atoms with Crippen LogP contribution in [0.5, 0.6) is 0 Å². The van der Waals surface area contributed by atoms with E-state index in [0.29, 0.717) is 21.9 Å². The van der Waals surface area contributed by atoms with Crippen molar-refractivity contribution in [1.82, 2.24) is 10.2 Å². The van der Waals surface area contributed by atoms with Gasteiger partial charge in [0.05, 0.1) is 10.6 Å². The van der Waals surface area contributed by atoms with Crippen molar-refractivity contribution in [2.45, 2.75) is 20.8 Å². The third-order valence-corrected chi connectivity index (χ3v) is 4.65. The molecule has 26 heavy (non-hydrogen) atoms. The molecule has 4 rings (SSSR count). The first-order chi connectivity index (χ1) is 12.4. The Bertz CT molecular complexity index is 1120. The lowest BCUT2D eigenvalue weighted by atomic mass is 10.1. The standard InChI is InChI=1S/C20H15ClN2O3/c1-10-4-5-11(2)18-15(10)9-17(25-18)20-23-22-19(26-20)14-7-6-13(12(3)24)8-16(14)21/h4-9H,1-3H3. The first-order valence-electron chi connectivity index (χ1n) is 8.08. The highest BCUT2D eigenvalue weighted by atomic mass is 35.5. The maximum absolute atomic E-state index is 11.5. The Morgan fingerprint density at radius 1 is 0.962 bits per heavy atom. The zero-order valence-corrected chi connectivity index (χ0v) is 15.2. The summed E-state index contributed by atoms with van der Waals surface area (Å²) in [6, 6.07) is 10.9. The molecule has 0 aliphatic carbocycles. The van der Waals surface area contributed by atoms with Crippen molar-refractivity contribution in [3.05, 3.63) is 58.1 Å². The van der Waals surface area contributed by atoms with E-state index in [-0.39, 0.29) is 17.6 Å². The van der Waals surface area contributed by atoms with E-state index in [9.17, 15) is 4.79 Å². The molecule has 0 spiro atoms. The number of ketones is 1. The molecule has 130 valence electrons. The highest BCUT2D eigenvalue weighted by molar-refractivity contribution is 6.33. The number of benzene rings is 2. The molecule has 5 nitrogen and oxygen atoms in total. The van der Waals surface area contributed by atoms with E-state index in [1.165, 1.54) is 6.92 Å². The minimum atomic E-state index is -0.0577. The topological polar surface area (TPSA) is 69.1 Å². The minimum absolute atomic E-state index is 0.0577. The van der Waals surface area contributed by atoms with Gasteiger partial charge in [-0.15, -0.1) is 10.2 Å². The Kier molecular flexibility index (Phi) is 3.89. The molecule has 2 aromatic carbocycles. The first kappa shape index (κ1) is 16.5. The van der Waals surface area contributed by atoms with Gasteiger partial charge in [0, 0.05) is 10.9 Å². The molecule has 2 heterocycles. The molecule has 0 atom stereocenters. The highest BCUT2D eigenvalue weighted by Crippen LogP contribution is 2.34. The summed E-state index contributed by atoms with van der Waals surface area (Å²) >= 11 is 6.27. The summed E-state index contributed by atoms with van der Waals surface area (Å²) in [5.41, 5.74) is 4.06. The first-order valence-corrected chi connectivity index (χ1v) is 8.46. The van der Waals surface area contributed by atoms with Crippen LogP contribution in [0.2, 0.25) is 5.02 Å². The fourth-order valence-electron chi connectivity index (χ4n) is 2.84. The average molecular weight is 367 g/mol. The van der Waals surface area contributed by atoms with Crippen LogP contribution in [0.4, 0.5) is 0 Å². The lowest BCUT2D eigenvalue weighted by molar-refractivity contribution is 0.101. The number of rotatable bonds is 3. The van der Waals surface area contributed by atoms with Crippen molar-refractivity contribution in [3.8, 4) is 23.1 Å². The molecule has 6 heteroatoms. The van der Waals surface area contributed by atoms with Gasteiger partial charge >= 0.3 is 0 Å². The molecule has 0 amide bonds. The maximum Gasteiger partial charge on any atom is 0.283 e. The van der Waals surface area contributed by atoms with Gasteiger partial charge in [0.25, 0.3) is 5.89 Å². The smallest absolute Gasteiger partial charge is 0.283 e. The fourth-order valence-corrected chi connectivity index (χ4v) is 3.10. The number of hydrogen-bond acceptors (Lipinski definition) is 5. The number of nitrogens with zero attached hydrogens (tertiary/aromatic N) is 2. The highest BCUT2D eigenvalue weighted by Gasteiger charge is 2.18.